The molecule has 1 aromatic rings. The zero-order chi connectivity index (χ0) is 14.7. The average molecular weight is 293 g/mol. The second-order valence-electron chi connectivity index (χ2n) is 4.81. The van der Waals surface area contributed by atoms with Crippen molar-refractivity contribution in [3.05, 3.63) is 22.7 Å². The monoisotopic (exact) mass is 292 g/mol. The molecule has 7 heteroatoms. The Bertz CT molecular complexity index is 696. The van der Waals surface area contributed by atoms with Crippen molar-refractivity contribution in [2.24, 2.45) is 0 Å². The molecule has 102 valence electrons. The summed E-state index contributed by atoms with van der Waals surface area (Å²) in [6.07, 6.45) is -0.305. The van der Waals surface area contributed by atoms with Crippen LogP contribution in [0.25, 0.3) is 0 Å². The van der Waals surface area contributed by atoms with Crippen molar-refractivity contribution in [3.8, 4) is 11.8 Å². The quantitative estimate of drug-likeness (QED) is 0.788. The highest BCUT2D eigenvalue weighted by Gasteiger charge is 2.60. The number of carboxylic acids is 1. The molecule has 0 spiro atoms. The van der Waals surface area contributed by atoms with E-state index in [4.69, 9.17) is 16.3 Å². The van der Waals surface area contributed by atoms with E-state index >= 15 is 0 Å². The zero-order valence-corrected chi connectivity index (χ0v) is 11.1. The number of carboxylic acid groups (broad SMARTS) is 1. The summed E-state index contributed by atoms with van der Waals surface area (Å²) in [5.41, 5.74) is -1.84. The number of hydrogen-bond donors (Lipinski definition) is 1. The second kappa shape index (κ2) is 3.87. The third kappa shape index (κ3) is 1.33. The van der Waals surface area contributed by atoms with Gasteiger partial charge in [0.25, 0.3) is 11.3 Å². The van der Waals surface area contributed by atoms with Crippen molar-refractivity contribution in [1.29, 1.82) is 5.26 Å². The highest BCUT2D eigenvalue weighted by atomic mass is 35.5. The number of hydrogen-bond acceptors (Lipinski definition) is 4. The van der Waals surface area contributed by atoms with Crippen LogP contribution in [0.5, 0.6) is 5.75 Å². The molecular formula is C13H9ClN2O4. The van der Waals surface area contributed by atoms with E-state index in [2.05, 4.69) is 0 Å². The lowest BCUT2D eigenvalue weighted by atomic mass is 9.83. The van der Waals surface area contributed by atoms with Gasteiger partial charge in [-0.25, -0.2) is 4.79 Å². The van der Waals surface area contributed by atoms with E-state index in [0.717, 1.165) is 0 Å². The molecule has 0 bridgehead atoms. The Labute approximate surface area is 119 Å². The number of carbonyl (C=O) groups is 2. The van der Waals surface area contributed by atoms with Gasteiger partial charge in [0.2, 0.25) is 0 Å². The van der Waals surface area contributed by atoms with E-state index in [9.17, 15) is 20.0 Å². The smallest absolute Gasteiger partial charge is 0.338 e. The van der Waals surface area contributed by atoms with E-state index in [1.165, 1.54) is 17.0 Å². The minimum Gasteiger partial charge on any atom is -0.487 e. The van der Waals surface area contributed by atoms with Crippen LogP contribution in [-0.2, 0) is 15.0 Å². The summed E-state index contributed by atoms with van der Waals surface area (Å²) in [5, 5.41) is 19.0. The van der Waals surface area contributed by atoms with Gasteiger partial charge in [0.05, 0.1) is 18.3 Å². The van der Waals surface area contributed by atoms with Crippen LogP contribution in [0.3, 0.4) is 0 Å². The highest BCUT2D eigenvalue weighted by molar-refractivity contribution is 6.32. The van der Waals surface area contributed by atoms with Gasteiger partial charge in [-0.05, 0) is 13.0 Å². The van der Waals surface area contributed by atoms with Crippen molar-refractivity contribution in [1.82, 2.24) is 0 Å². The summed E-state index contributed by atoms with van der Waals surface area (Å²) >= 11 is 5.95. The molecule has 2 atom stereocenters. The molecular weight excluding hydrogens is 284 g/mol. The topological polar surface area (TPSA) is 90.6 Å². The summed E-state index contributed by atoms with van der Waals surface area (Å²) in [4.78, 5) is 25.3. The van der Waals surface area contributed by atoms with Crippen LogP contribution in [0.15, 0.2) is 12.1 Å². The molecule has 0 saturated carbocycles. The maximum atomic E-state index is 12.5. The summed E-state index contributed by atoms with van der Waals surface area (Å²) in [6, 6.07) is 4.50. The maximum absolute atomic E-state index is 12.5. The number of halogens is 1. The Balaban J connectivity index is 2.37. The van der Waals surface area contributed by atoms with Crippen molar-refractivity contribution in [2.45, 2.75) is 18.4 Å². The Morgan fingerprint density at radius 2 is 2.35 bits per heavy atom. The van der Waals surface area contributed by atoms with Crippen molar-refractivity contribution in [2.75, 3.05) is 11.4 Å². The molecule has 0 radical (unpaired) electrons. The molecule has 3 rings (SSSR count). The van der Waals surface area contributed by atoms with Crippen LogP contribution in [0.4, 0.5) is 5.69 Å². The number of carbonyl (C=O) groups excluding carboxylic acids is 1. The fraction of sp³-hybridized carbons (Fsp3) is 0.308. The van der Waals surface area contributed by atoms with Gasteiger partial charge < -0.3 is 14.7 Å². The van der Waals surface area contributed by atoms with Crippen molar-refractivity contribution < 1.29 is 19.4 Å². The molecule has 1 amide bonds. The van der Waals surface area contributed by atoms with Crippen LogP contribution >= 0.6 is 11.6 Å². The number of amides is 1. The zero-order valence-electron chi connectivity index (χ0n) is 10.4. The summed E-state index contributed by atoms with van der Waals surface area (Å²) in [7, 11) is 0. The number of aliphatic carboxylic acids is 1. The van der Waals surface area contributed by atoms with E-state index in [1.54, 1.807) is 13.0 Å². The van der Waals surface area contributed by atoms with Crippen molar-refractivity contribution >= 4 is 29.2 Å². The largest absolute Gasteiger partial charge is 0.487 e. The third-order valence-corrected chi connectivity index (χ3v) is 3.75. The first kappa shape index (κ1) is 12.8. The summed E-state index contributed by atoms with van der Waals surface area (Å²) < 4.78 is 5.59. The van der Waals surface area contributed by atoms with Gasteiger partial charge in [-0.3, -0.25) is 4.79 Å². The second-order valence-corrected chi connectivity index (χ2v) is 5.25. The molecule has 0 aliphatic carbocycles. The fourth-order valence-corrected chi connectivity index (χ4v) is 2.90. The van der Waals surface area contributed by atoms with Gasteiger partial charge in [-0.15, -0.1) is 0 Å². The van der Waals surface area contributed by atoms with Crippen LogP contribution in [0.2, 0.25) is 5.02 Å². The third-order valence-electron chi connectivity index (χ3n) is 3.54. The number of anilines is 1. The molecule has 2 aliphatic heterocycles. The van der Waals surface area contributed by atoms with Gasteiger partial charge in [0.15, 0.2) is 0 Å². The Morgan fingerprint density at radius 3 is 2.95 bits per heavy atom. The van der Waals surface area contributed by atoms with Gasteiger partial charge >= 0.3 is 5.97 Å². The molecule has 20 heavy (non-hydrogen) atoms. The number of benzene rings is 1. The average Bonchev–Trinajstić information content (AvgIpc) is 2.60. The lowest BCUT2D eigenvalue weighted by molar-refractivity contribution is -0.145. The Hall–Kier alpha value is -2.26. The minimum atomic E-state index is -2.25. The van der Waals surface area contributed by atoms with Gasteiger partial charge in [0, 0.05) is 16.7 Å². The molecule has 0 aromatic heterocycles. The number of rotatable bonds is 1. The predicted octanol–water partition coefficient (Wildman–Crippen LogP) is 1.31. The fourth-order valence-electron chi connectivity index (χ4n) is 2.70. The molecule has 6 nitrogen and oxygen atoms in total. The van der Waals surface area contributed by atoms with E-state index in [1.807, 2.05) is 0 Å². The number of nitriles is 1. The van der Waals surface area contributed by atoms with Gasteiger partial charge in [0.1, 0.15) is 11.9 Å². The SMILES string of the molecule is CC1CN2C(=O)C(C#N)(C(=O)O)c3cc(Cl)cc(c32)O1. The molecule has 2 aliphatic rings. The maximum Gasteiger partial charge on any atom is 0.338 e. The first-order valence-corrected chi connectivity index (χ1v) is 6.27. The summed E-state index contributed by atoms with van der Waals surface area (Å²) in [5.74, 6) is -1.93. The first-order chi connectivity index (χ1) is 9.41. The van der Waals surface area contributed by atoms with E-state index in [-0.39, 0.29) is 23.2 Å². The molecule has 0 fully saturated rings. The molecule has 1 N–H and O–H groups in total. The molecule has 1 aromatic carbocycles. The minimum absolute atomic E-state index is 0.0758. The lowest BCUT2D eigenvalue weighted by Crippen LogP contribution is -2.48. The van der Waals surface area contributed by atoms with E-state index < -0.39 is 17.3 Å². The van der Waals surface area contributed by atoms with Gasteiger partial charge in [-0.1, -0.05) is 11.6 Å². The van der Waals surface area contributed by atoms with Crippen LogP contribution in [0.1, 0.15) is 12.5 Å². The molecule has 2 unspecified atom stereocenters. The van der Waals surface area contributed by atoms with Crippen LogP contribution < -0.4 is 9.64 Å². The Morgan fingerprint density at radius 1 is 1.65 bits per heavy atom. The Kier molecular flexibility index (Phi) is 2.47. The molecule has 2 heterocycles. The number of ether oxygens (including phenoxy) is 1. The number of nitrogens with zero attached hydrogens (tertiary/aromatic N) is 2. The first-order valence-electron chi connectivity index (χ1n) is 5.89. The van der Waals surface area contributed by atoms with E-state index in [0.29, 0.717) is 11.4 Å². The molecule has 0 saturated heterocycles. The van der Waals surface area contributed by atoms with Crippen LogP contribution in [-0.4, -0.2) is 29.6 Å². The standard InChI is InChI=1S/C13H9ClN2O4/c1-6-4-16-10-8(2-7(14)3-9(10)20-6)13(5-15,11(16)17)12(18)19/h2-3,6H,4H2,1H3,(H,18,19). The highest BCUT2D eigenvalue weighted by Crippen LogP contribution is 2.50. The predicted molar refractivity (Wildman–Crippen MR) is 68.8 cm³/mol. The summed E-state index contributed by atoms with van der Waals surface area (Å²) in [6.45, 7) is 1.96. The lowest BCUT2D eigenvalue weighted by Gasteiger charge is -2.30. The van der Waals surface area contributed by atoms with Crippen LogP contribution in [0, 0.1) is 11.3 Å². The van der Waals surface area contributed by atoms with Crippen molar-refractivity contribution in [3.63, 3.8) is 0 Å². The normalized spacial score (nSPS) is 26.8. The van der Waals surface area contributed by atoms with Gasteiger partial charge in [-0.2, -0.15) is 5.26 Å².